The summed E-state index contributed by atoms with van der Waals surface area (Å²) in [5.41, 5.74) is 10.2. The van der Waals surface area contributed by atoms with E-state index in [9.17, 15) is 19.2 Å². The first-order valence-corrected chi connectivity index (χ1v) is 21.0. The molecule has 2 aliphatic carbocycles. The number of nitrogens with zero attached hydrogens (tertiary/aromatic N) is 2. The number of methoxy groups -OCH3 is 2. The lowest BCUT2D eigenvalue weighted by molar-refractivity contribution is -0.135. The molecule has 7 rings (SSSR count). The Labute approximate surface area is 341 Å². The second-order valence-electron chi connectivity index (χ2n) is 16.9. The van der Waals surface area contributed by atoms with Crippen molar-refractivity contribution in [2.45, 2.75) is 110 Å². The number of hydrogen-bond donors (Lipinski definition) is 4. The summed E-state index contributed by atoms with van der Waals surface area (Å²) in [5, 5.41) is 5.53. The van der Waals surface area contributed by atoms with Crippen LogP contribution in [0.3, 0.4) is 0 Å². The number of carbonyl (C=O) groups excluding carboxylic acids is 4. The standard InChI is InChI=1S/C46H58N6O6/c1-26(2)38(50-45(55)57-5)42(53)34-11-7-8-12-35(34)43-47-25-36(48-43)30-20-16-28(17-21-30)29-18-22-31(23-19-29)40-32-13-9-14-33(32)41(49-40)37-15-10-24-52(37)44(54)39(27(3)4)51-46(56)58-6/h16-23,25-27,34-35,37-39,49H,7-15,24H2,1-6H3,(H,47,48)(H,50,55)(H,51,56)/t34?,35?,37-,38?,39-/m0/s1. The molecule has 12 heteroatoms. The Kier molecular flexibility index (Phi) is 12.4. The van der Waals surface area contributed by atoms with E-state index in [0.717, 1.165) is 103 Å². The smallest absolute Gasteiger partial charge is 0.407 e. The van der Waals surface area contributed by atoms with Gasteiger partial charge in [0.1, 0.15) is 11.9 Å². The molecule has 1 aliphatic heterocycles. The van der Waals surface area contributed by atoms with E-state index in [1.807, 2.05) is 38.8 Å². The van der Waals surface area contributed by atoms with Crippen LogP contribution in [0.15, 0.2) is 54.7 Å². The van der Waals surface area contributed by atoms with Crippen LogP contribution in [0.2, 0.25) is 0 Å². The number of likely N-dealkylation sites (tertiary alicyclic amines) is 1. The molecule has 12 nitrogen and oxygen atoms in total. The lowest BCUT2D eigenvalue weighted by Crippen LogP contribution is -2.51. The molecule has 2 fully saturated rings. The number of ketones is 1. The van der Waals surface area contributed by atoms with E-state index in [1.165, 1.54) is 25.3 Å². The number of imidazole rings is 1. The minimum atomic E-state index is -0.650. The van der Waals surface area contributed by atoms with Gasteiger partial charge < -0.3 is 35.0 Å². The topological polar surface area (TPSA) is 159 Å². The highest BCUT2D eigenvalue weighted by molar-refractivity contribution is 5.90. The number of benzene rings is 2. The molecule has 3 aliphatic rings. The fourth-order valence-electron chi connectivity index (χ4n) is 9.47. The predicted octanol–water partition coefficient (Wildman–Crippen LogP) is 8.50. The van der Waals surface area contributed by atoms with Gasteiger partial charge in [-0.3, -0.25) is 9.59 Å². The average molecular weight is 791 g/mol. The van der Waals surface area contributed by atoms with Crippen molar-refractivity contribution in [3.8, 4) is 33.6 Å². The predicted molar refractivity (Wildman–Crippen MR) is 223 cm³/mol. The molecule has 1 saturated heterocycles. The summed E-state index contributed by atoms with van der Waals surface area (Å²) in [4.78, 5) is 65.9. The Morgan fingerprint density at radius 1 is 0.707 bits per heavy atom. The van der Waals surface area contributed by atoms with Crippen molar-refractivity contribution in [3.63, 3.8) is 0 Å². The van der Waals surface area contributed by atoms with Gasteiger partial charge in [-0.15, -0.1) is 0 Å². The third-order valence-corrected chi connectivity index (χ3v) is 12.6. The van der Waals surface area contributed by atoms with E-state index in [-0.39, 0.29) is 41.4 Å². The molecule has 3 unspecified atom stereocenters. The van der Waals surface area contributed by atoms with E-state index in [0.29, 0.717) is 6.54 Å². The second kappa shape index (κ2) is 17.6. The number of nitrogens with one attached hydrogen (secondary N) is 4. The number of hydrogen-bond acceptors (Lipinski definition) is 7. The molecule has 58 heavy (non-hydrogen) atoms. The number of rotatable bonds is 12. The maximum absolute atomic E-state index is 13.9. The van der Waals surface area contributed by atoms with Crippen LogP contribution in [-0.2, 0) is 31.9 Å². The van der Waals surface area contributed by atoms with E-state index >= 15 is 0 Å². The third-order valence-electron chi connectivity index (χ3n) is 12.6. The zero-order valence-electron chi connectivity index (χ0n) is 34.7. The van der Waals surface area contributed by atoms with Crippen LogP contribution in [0, 0.1) is 17.8 Å². The molecule has 0 spiro atoms. The van der Waals surface area contributed by atoms with Gasteiger partial charge in [-0.2, -0.15) is 0 Å². The molecule has 4 aromatic rings. The maximum atomic E-state index is 13.9. The molecule has 2 aromatic carbocycles. The lowest BCUT2D eigenvalue weighted by atomic mass is 9.73. The van der Waals surface area contributed by atoms with Crippen molar-refractivity contribution in [2.75, 3.05) is 20.8 Å². The van der Waals surface area contributed by atoms with Crippen LogP contribution >= 0.6 is 0 Å². The number of H-pyrrole nitrogens is 2. The van der Waals surface area contributed by atoms with Gasteiger partial charge in [0, 0.05) is 29.8 Å². The number of Topliss-reactive ketones (excluding diaryl/α,β-unsaturated/α-hetero) is 1. The number of amides is 3. The van der Waals surface area contributed by atoms with Crippen molar-refractivity contribution in [2.24, 2.45) is 17.8 Å². The third kappa shape index (κ3) is 8.29. The van der Waals surface area contributed by atoms with Crippen molar-refractivity contribution in [1.82, 2.24) is 30.5 Å². The van der Waals surface area contributed by atoms with E-state index in [4.69, 9.17) is 14.5 Å². The van der Waals surface area contributed by atoms with Gasteiger partial charge >= 0.3 is 12.2 Å². The van der Waals surface area contributed by atoms with Gasteiger partial charge in [0.15, 0.2) is 5.78 Å². The Hall–Kier alpha value is -5.39. The maximum Gasteiger partial charge on any atom is 0.407 e. The van der Waals surface area contributed by atoms with Crippen molar-refractivity contribution in [3.05, 3.63) is 77.4 Å². The van der Waals surface area contributed by atoms with Gasteiger partial charge in [0.2, 0.25) is 5.91 Å². The number of aromatic amines is 2. The summed E-state index contributed by atoms with van der Waals surface area (Å²) < 4.78 is 9.64. The SMILES string of the molecule is COC(=O)NC(C(=O)C1CCCCC1c1ncc(-c2ccc(-c3ccc(-c4[nH]c([C@@H]5CCCN5C(=O)[C@@H](NC(=O)OC)C(C)C)c5c4CCC5)cc3)cc2)[nH]1)C(C)C. The molecule has 308 valence electrons. The Morgan fingerprint density at radius 3 is 1.93 bits per heavy atom. The molecular weight excluding hydrogens is 733 g/mol. The highest BCUT2D eigenvalue weighted by Crippen LogP contribution is 2.43. The average Bonchev–Trinajstić information content (AvgIpc) is 4.07. The minimum Gasteiger partial charge on any atom is -0.453 e. The molecule has 2 aromatic heterocycles. The minimum absolute atomic E-state index is 0.0399. The largest absolute Gasteiger partial charge is 0.453 e. The fraction of sp³-hybridized carbons (Fsp3) is 0.500. The van der Waals surface area contributed by atoms with E-state index in [2.05, 4.69) is 69.1 Å². The molecule has 1 saturated carbocycles. The van der Waals surface area contributed by atoms with Crippen LogP contribution in [0.1, 0.15) is 107 Å². The summed E-state index contributed by atoms with van der Waals surface area (Å²) in [6, 6.07) is 15.8. The van der Waals surface area contributed by atoms with E-state index < -0.39 is 24.3 Å². The molecule has 3 heterocycles. The molecule has 5 atom stereocenters. The molecular formula is C46H58N6O6. The summed E-state index contributed by atoms with van der Waals surface area (Å²) in [6.07, 6.45) is 9.17. The number of alkyl carbamates (subject to hydrolysis) is 2. The first kappa shape index (κ1) is 40.8. The zero-order chi connectivity index (χ0) is 41.1. The van der Waals surface area contributed by atoms with Crippen LogP contribution in [0.4, 0.5) is 9.59 Å². The number of ether oxygens (including phenoxy) is 2. The lowest BCUT2D eigenvalue weighted by Gasteiger charge is -2.33. The van der Waals surface area contributed by atoms with Gasteiger partial charge in [-0.25, -0.2) is 14.6 Å². The van der Waals surface area contributed by atoms with Crippen molar-refractivity contribution < 1.29 is 28.7 Å². The molecule has 3 amide bonds. The van der Waals surface area contributed by atoms with Gasteiger partial charge in [-0.05, 0) is 90.2 Å². The first-order chi connectivity index (χ1) is 28.0. The summed E-state index contributed by atoms with van der Waals surface area (Å²) in [7, 11) is 2.63. The fourth-order valence-corrected chi connectivity index (χ4v) is 9.47. The Morgan fingerprint density at radius 2 is 1.29 bits per heavy atom. The summed E-state index contributed by atoms with van der Waals surface area (Å²) >= 11 is 0. The zero-order valence-corrected chi connectivity index (χ0v) is 34.7. The van der Waals surface area contributed by atoms with Crippen LogP contribution in [0.25, 0.3) is 33.6 Å². The normalized spacial score (nSPS) is 20.1. The van der Waals surface area contributed by atoms with Gasteiger partial charge in [0.05, 0.1) is 38.2 Å². The van der Waals surface area contributed by atoms with Gasteiger partial charge in [-0.1, -0.05) is 89.1 Å². The van der Waals surface area contributed by atoms with E-state index in [1.54, 1.807) is 0 Å². The Bertz CT molecular complexity index is 2100. The number of carbonyl (C=O) groups is 4. The highest BCUT2D eigenvalue weighted by atomic mass is 16.5. The summed E-state index contributed by atoms with van der Waals surface area (Å²) in [5.74, 6) is 0.372. The second-order valence-corrected chi connectivity index (χ2v) is 16.9. The highest BCUT2D eigenvalue weighted by Gasteiger charge is 2.40. The number of fused-ring (bicyclic) bond motifs is 1. The van der Waals surface area contributed by atoms with Crippen molar-refractivity contribution >= 4 is 23.9 Å². The van der Waals surface area contributed by atoms with Crippen molar-refractivity contribution in [1.29, 1.82) is 0 Å². The van der Waals surface area contributed by atoms with Crippen LogP contribution < -0.4 is 10.6 Å². The van der Waals surface area contributed by atoms with Gasteiger partial charge in [0.25, 0.3) is 0 Å². The molecule has 0 radical (unpaired) electrons. The quantitative estimate of drug-likeness (QED) is 0.112. The monoisotopic (exact) mass is 790 g/mol. The van der Waals surface area contributed by atoms with Crippen LogP contribution in [0.5, 0.6) is 0 Å². The Balaban J connectivity index is 1.06. The molecule has 0 bridgehead atoms. The summed E-state index contributed by atoms with van der Waals surface area (Å²) in [6.45, 7) is 8.43. The van der Waals surface area contributed by atoms with Crippen LogP contribution in [-0.4, -0.2) is 76.6 Å². The first-order valence-electron chi connectivity index (χ1n) is 21.0. The molecule has 4 N–H and O–H groups in total. The number of aromatic nitrogens is 3.